The van der Waals surface area contributed by atoms with Crippen molar-refractivity contribution in [2.24, 2.45) is 0 Å². The summed E-state index contributed by atoms with van der Waals surface area (Å²) in [5.74, 6) is -0.660. The Morgan fingerprint density at radius 1 is 1.08 bits per heavy atom. The monoisotopic (exact) mass is 332 g/mol. The molecule has 4 heteroatoms. The summed E-state index contributed by atoms with van der Waals surface area (Å²) in [5, 5.41) is 3.02. The van der Waals surface area contributed by atoms with E-state index in [0.29, 0.717) is 11.1 Å². The highest BCUT2D eigenvalue weighted by Crippen LogP contribution is 2.31. The highest BCUT2D eigenvalue weighted by atomic mass is 19.1. The molecule has 0 spiro atoms. The third-order valence-electron chi connectivity index (χ3n) is 4.66. The second-order valence-corrected chi connectivity index (χ2v) is 6.19. The Kier molecular flexibility index (Phi) is 4.02. The van der Waals surface area contributed by atoms with E-state index in [4.69, 9.17) is 0 Å². The molecule has 1 N–H and O–H groups in total. The molecule has 1 amide bonds. The number of carbonyl (C=O) groups is 1. The minimum atomic E-state index is -0.411. The lowest BCUT2D eigenvalue weighted by Gasteiger charge is -2.14. The van der Waals surface area contributed by atoms with Gasteiger partial charge >= 0.3 is 0 Å². The van der Waals surface area contributed by atoms with Crippen molar-refractivity contribution in [3.63, 3.8) is 0 Å². The molecule has 3 nitrogen and oxygen atoms in total. The Hall–Kier alpha value is -3.01. The molecule has 25 heavy (non-hydrogen) atoms. The van der Waals surface area contributed by atoms with Crippen molar-refractivity contribution in [2.75, 3.05) is 0 Å². The minimum Gasteiger partial charge on any atom is -0.345 e. The summed E-state index contributed by atoms with van der Waals surface area (Å²) in [5.41, 5.74) is 3.96. The van der Waals surface area contributed by atoms with Gasteiger partial charge in [-0.05, 0) is 53.8 Å². The molecule has 0 saturated carbocycles. The van der Waals surface area contributed by atoms with Crippen LogP contribution in [-0.2, 0) is 6.42 Å². The summed E-state index contributed by atoms with van der Waals surface area (Å²) < 4.78 is 14.4. The second kappa shape index (κ2) is 6.48. The molecular weight excluding hydrogens is 315 g/mol. The summed E-state index contributed by atoms with van der Waals surface area (Å²) in [6.45, 7) is 0. The van der Waals surface area contributed by atoms with Crippen LogP contribution in [0.1, 0.15) is 33.9 Å². The topological polar surface area (TPSA) is 42.0 Å². The van der Waals surface area contributed by atoms with E-state index in [1.807, 2.05) is 18.2 Å². The van der Waals surface area contributed by atoms with Gasteiger partial charge in [0.05, 0.1) is 6.04 Å². The smallest absolute Gasteiger partial charge is 0.251 e. The van der Waals surface area contributed by atoms with Crippen LogP contribution < -0.4 is 5.32 Å². The molecule has 0 bridgehead atoms. The van der Waals surface area contributed by atoms with Gasteiger partial charge in [-0.3, -0.25) is 9.78 Å². The predicted octanol–water partition coefficient (Wildman–Crippen LogP) is 4.31. The summed E-state index contributed by atoms with van der Waals surface area (Å²) in [4.78, 5) is 16.5. The fourth-order valence-electron chi connectivity index (χ4n) is 3.37. The number of hydrogen-bond donors (Lipinski definition) is 1. The summed E-state index contributed by atoms with van der Waals surface area (Å²) in [6.07, 6.45) is 5.07. The molecule has 0 aliphatic heterocycles. The van der Waals surface area contributed by atoms with Crippen LogP contribution >= 0.6 is 0 Å². The van der Waals surface area contributed by atoms with Crippen molar-refractivity contribution in [3.8, 4) is 11.1 Å². The first kappa shape index (κ1) is 15.5. The van der Waals surface area contributed by atoms with Crippen LogP contribution in [0.4, 0.5) is 4.39 Å². The van der Waals surface area contributed by atoms with Crippen LogP contribution in [-0.4, -0.2) is 10.9 Å². The fraction of sp³-hybridized carbons (Fsp3) is 0.143. The van der Waals surface area contributed by atoms with E-state index in [0.717, 1.165) is 24.0 Å². The van der Waals surface area contributed by atoms with Gasteiger partial charge in [0.25, 0.3) is 5.91 Å². The van der Waals surface area contributed by atoms with Gasteiger partial charge in [-0.1, -0.05) is 30.3 Å². The van der Waals surface area contributed by atoms with E-state index in [-0.39, 0.29) is 11.9 Å². The van der Waals surface area contributed by atoms with Crippen molar-refractivity contribution >= 4 is 5.91 Å². The number of hydrogen-bond acceptors (Lipinski definition) is 2. The van der Waals surface area contributed by atoms with E-state index in [1.54, 1.807) is 36.7 Å². The van der Waals surface area contributed by atoms with Crippen molar-refractivity contribution in [3.05, 3.63) is 89.5 Å². The van der Waals surface area contributed by atoms with Gasteiger partial charge in [0.15, 0.2) is 0 Å². The first-order valence-corrected chi connectivity index (χ1v) is 8.31. The summed E-state index contributed by atoms with van der Waals surface area (Å²) in [6, 6.07) is 16.2. The van der Waals surface area contributed by atoms with Crippen LogP contribution in [0, 0.1) is 5.82 Å². The van der Waals surface area contributed by atoms with Gasteiger partial charge in [-0.25, -0.2) is 4.39 Å². The minimum absolute atomic E-state index is 0.00774. The first-order chi connectivity index (χ1) is 12.2. The number of carbonyl (C=O) groups excluding carboxylic acids is 1. The molecule has 0 fully saturated rings. The lowest BCUT2D eigenvalue weighted by Crippen LogP contribution is -2.27. The van der Waals surface area contributed by atoms with Crippen molar-refractivity contribution < 1.29 is 9.18 Å². The van der Waals surface area contributed by atoms with E-state index >= 15 is 0 Å². The third kappa shape index (κ3) is 3.03. The molecule has 2 aromatic carbocycles. The molecular formula is C21H17FN2O. The lowest BCUT2D eigenvalue weighted by atomic mass is 10.0. The largest absolute Gasteiger partial charge is 0.345 e. The average Bonchev–Trinajstić information content (AvgIpc) is 3.05. The van der Waals surface area contributed by atoms with Gasteiger partial charge in [-0.2, -0.15) is 0 Å². The number of rotatable bonds is 3. The van der Waals surface area contributed by atoms with Crippen molar-refractivity contribution in [2.45, 2.75) is 18.9 Å². The molecule has 3 aromatic rings. The second-order valence-electron chi connectivity index (χ2n) is 6.19. The summed E-state index contributed by atoms with van der Waals surface area (Å²) in [7, 11) is 0. The zero-order chi connectivity index (χ0) is 17.2. The molecule has 0 radical (unpaired) electrons. The Morgan fingerprint density at radius 3 is 2.68 bits per heavy atom. The maximum Gasteiger partial charge on any atom is 0.251 e. The third-order valence-corrected chi connectivity index (χ3v) is 4.66. The molecule has 1 atom stereocenters. The number of amides is 1. The Balaban J connectivity index is 1.55. The zero-order valence-corrected chi connectivity index (χ0v) is 13.6. The van der Waals surface area contributed by atoms with Crippen LogP contribution in [0.2, 0.25) is 0 Å². The Labute approximate surface area is 145 Å². The van der Waals surface area contributed by atoms with Crippen molar-refractivity contribution in [1.29, 1.82) is 0 Å². The van der Waals surface area contributed by atoms with Crippen LogP contribution in [0.5, 0.6) is 0 Å². The standard InChI is InChI=1S/C21H17FN2O/c22-19-13-16(5-7-17(19)15-9-11-23-12-10-15)21(25)24-20-8-6-14-3-1-2-4-18(14)20/h1-5,7,9-13,20H,6,8H2,(H,24,25). The number of halogens is 1. The first-order valence-electron chi connectivity index (χ1n) is 8.31. The highest BCUT2D eigenvalue weighted by molar-refractivity contribution is 5.95. The van der Waals surface area contributed by atoms with Gasteiger partial charge in [0.2, 0.25) is 0 Å². The number of aromatic nitrogens is 1. The van der Waals surface area contributed by atoms with E-state index in [2.05, 4.69) is 16.4 Å². The molecule has 1 aliphatic rings. The van der Waals surface area contributed by atoms with Gasteiger partial charge < -0.3 is 5.32 Å². The number of benzene rings is 2. The number of aryl methyl sites for hydroxylation is 1. The highest BCUT2D eigenvalue weighted by Gasteiger charge is 2.24. The SMILES string of the molecule is O=C(NC1CCc2ccccc21)c1ccc(-c2ccncc2)c(F)c1. The Morgan fingerprint density at radius 2 is 1.88 bits per heavy atom. The number of fused-ring (bicyclic) bond motifs is 1. The molecule has 1 heterocycles. The molecule has 1 aliphatic carbocycles. The van der Waals surface area contributed by atoms with Crippen LogP contribution in [0.25, 0.3) is 11.1 Å². The lowest BCUT2D eigenvalue weighted by molar-refractivity contribution is 0.0936. The fourth-order valence-corrected chi connectivity index (χ4v) is 3.37. The maximum absolute atomic E-state index is 14.4. The molecule has 4 rings (SSSR count). The van der Waals surface area contributed by atoms with Crippen molar-refractivity contribution in [1.82, 2.24) is 10.3 Å². The van der Waals surface area contributed by atoms with Gasteiger partial charge in [0, 0.05) is 23.5 Å². The van der Waals surface area contributed by atoms with Gasteiger partial charge in [-0.15, -0.1) is 0 Å². The van der Waals surface area contributed by atoms with E-state index < -0.39 is 5.82 Å². The maximum atomic E-state index is 14.4. The number of pyridine rings is 1. The molecule has 0 saturated heterocycles. The quantitative estimate of drug-likeness (QED) is 0.777. The zero-order valence-electron chi connectivity index (χ0n) is 13.6. The van der Waals surface area contributed by atoms with Crippen LogP contribution in [0.15, 0.2) is 67.0 Å². The van der Waals surface area contributed by atoms with Gasteiger partial charge in [0.1, 0.15) is 5.82 Å². The summed E-state index contributed by atoms with van der Waals surface area (Å²) >= 11 is 0. The molecule has 124 valence electrons. The number of nitrogens with one attached hydrogen (secondary N) is 1. The average molecular weight is 332 g/mol. The van der Waals surface area contributed by atoms with E-state index in [9.17, 15) is 9.18 Å². The molecule has 1 unspecified atom stereocenters. The normalized spacial score (nSPS) is 15.6. The molecule has 1 aromatic heterocycles. The van der Waals surface area contributed by atoms with Crippen LogP contribution in [0.3, 0.4) is 0 Å². The number of nitrogens with zero attached hydrogens (tertiary/aromatic N) is 1. The predicted molar refractivity (Wildman–Crippen MR) is 94.6 cm³/mol. The Bertz CT molecular complexity index is 924. The van der Waals surface area contributed by atoms with E-state index in [1.165, 1.54) is 11.6 Å².